The molecular formula is C26H26N4O3. The maximum Gasteiger partial charge on any atom is 0.269 e. The van der Waals surface area contributed by atoms with Crippen molar-refractivity contribution >= 4 is 17.6 Å². The molecule has 4 rings (SSSR count). The van der Waals surface area contributed by atoms with E-state index in [0.29, 0.717) is 24.5 Å². The van der Waals surface area contributed by atoms with Crippen LogP contribution < -0.4 is 10.3 Å². The Kier molecular flexibility index (Phi) is 6.27. The number of ether oxygens (including phenoxy) is 1. The molecule has 7 nitrogen and oxygen atoms in total. The van der Waals surface area contributed by atoms with Gasteiger partial charge in [-0.1, -0.05) is 23.8 Å². The van der Waals surface area contributed by atoms with Crippen molar-refractivity contribution in [3.63, 3.8) is 0 Å². The van der Waals surface area contributed by atoms with Gasteiger partial charge in [0.25, 0.3) is 11.5 Å². The molecule has 0 saturated carbocycles. The van der Waals surface area contributed by atoms with Gasteiger partial charge in [0.05, 0.1) is 0 Å². The van der Waals surface area contributed by atoms with Crippen LogP contribution in [0.25, 0.3) is 11.7 Å². The first-order valence-electron chi connectivity index (χ1n) is 11.1. The molecule has 1 aliphatic heterocycles. The zero-order valence-electron chi connectivity index (χ0n) is 19.1. The van der Waals surface area contributed by atoms with Crippen molar-refractivity contribution in [3.8, 4) is 17.7 Å². The predicted molar refractivity (Wildman–Crippen MR) is 126 cm³/mol. The van der Waals surface area contributed by atoms with Crippen LogP contribution in [0, 0.1) is 32.1 Å². The fraction of sp³-hybridized carbons (Fsp3) is 0.308. The Morgan fingerprint density at radius 2 is 1.88 bits per heavy atom. The number of carbonyl (C=O) groups excluding carboxylic acids is 1. The number of piperidine rings is 1. The SMILES string of the molecule is Cc1ccc(Oc2nc3c(C)cccn3c(=O)c2/C=C(\C#N)C(=O)N2CCCCC2)c(C)c1. The van der Waals surface area contributed by atoms with Gasteiger partial charge in [0.1, 0.15) is 28.6 Å². The van der Waals surface area contributed by atoms with E-state index in [2.05, 4.69) is 4.98 Å². The van der Waals surface area contributed by atoms with Gasteiger partial charge in [0.2, 0.25) is 5.88 Å². The molecule has 3 heterocycles. The summed E-state index contributed by atoms with van der Waals surface area (Å²) in [6.07, 6.45) is 5.82. The Balaban J connectivity index is 1.88. The van der Waals surface area contributed by atoms with Crippen LogP contribution in [0.2, 0.25) is 0 Å². The lowest BCUT2D eigenvalue weighted by molar-refractivity contribution is -0.127. The summed E-state index contributed by atoms with van der Waals surface area (Å²) < 4.78 is 7.52. The van der Waals surface area contributed by atoms with E-state index in [1.165, 1.54) is 10.5 Å². The number of fused-ring (bicyclic) bond motifs is 1. The van der Waals surface area contributed by atoms with E-state index in [9.17, 15) is 14.9 Å². The third-order valence-corrected chi connectivity index (χ3v) is 5.87. The molecule has 0 unspecified atom stereocenters. The molecule has 168 valence electrons. The highest BCUT2D eigenvalue weighted by molar-refractivity contribution is 6.02. The summed E-state index contributed by atoms with van der Waals surface area (Å²) in [5.74, 6) is 0.254. The Labute approximate surface area is 192 Å². The number of pyridine rings is 1. The van der Waals surface area contributed by atoms with Gasteiger partial charge < -0.3 is 9.64 Å². The average Bonchev–Trinajstić information content (AvgIpc) is 2.81. The molecule has 0 atom stereocenters. The van der Waals surface area contributed by atoms with Crippen molar-refractivity contribution in [3.05, 3.63) is 74.7 Å². The van der Waals surface area contributed by atoms with Gasteiger partial charge >= 0.3 is 0 Å². The van der Waals surface area contributed by atoms with E-state index >= 15 is 0 Å². The summed E-state index contributed by atoms with van der Waals surface area (Å²) in [5, 5.41) is 9.76. The summed E-state index contributed by atoms with van der Waals surface area (Å²) >= 11 is 0. The molecule has 0 N–H and O–H groups in total. The maximum atomic E-state index is 13.4. The van der Waals surface area contributed by atoms with E-state index in [1.54, 1.807) is 17.2 Å². The molecule has 0 spiro atoms. The second-order valence-corrected chi connectivity index (χ2v) is 8.41. The van der Waals surface area contributed by atoms with Crippen LogP contribution in [0.4, 0.5) is 0 Å². The van der Waals surface area contributed by atoms with Gasteiger partial charge in [0.15, 0.2) is 0 Å². The minimum absolute atomic E-state index is 0.0694. The molecule has 7 heteroatoms. The van der Waals surface area contributed by atoms with Gasteiger partial charge in [0, 0.05) is 19.3 Å². The second kappa shape index (κ2) is 9.29. The van der Waals surface area contributed by atoms with Crippen molar-refractivity contribution < 1.29 is 9.53 Å². The number of rotatable bonds is 4. The van der Waals surface area contributed by atoms with Crippen molar-refractivity contribution in [2.75, 3.05) is 13.1 Å². The zero-order valence-corrected chi connectivity index (χ0v) is 19.1. The van der Waals surface area contributed by atoms with Crippen molar-refractivity contribution in [2.45, 2.75) is 40.0 Å². The third-order valence-electron chi connectivity index (χ3n) is 5.87. The number of amides is 1. The normalized spacial score (nSPS) is 14.2. The van der Waals surface area contributed by atoms with Gasteiger partial charge in [-0.2, -0.15) is 10.2 Å². The quantitative estimate of drug-likeness (QED) is 0.443. The van der Waals surface area contributed by atoms with Crippen molar-refractivity contribution in [1.29, 1.82) is 5.26 Å². The second-order valence-electron chi connectivity index (χ2n) is 8.41. The number of hydrogen-bond acceptors (Lipinski definition) is 5. The smallest absolute Gasteiger partial charge is 0.269 e. The van der Waals surface area contributed by atoms with E-state index in [0.717, 1.165) is 36.0 Å². The first kappa shape index (κ1) is 22.3. The lowest BCUT2D eigenvalue weighted by atomic mass is 10.1. The minimum atomic E-state index is -0.400. The molecule has 0 bridgehead atoms. The first-order valence-corrected chi connectivity index (χ1v) is 11.1. The van der Waals surface area contributed by atoms with Gasteiger partial charge in [-0.15, -0.1) is 0 Å². The molecule has 1 aliphatic rings. The van der Waals surface area contributed by atoms with Crippen LogP contribution in [-0.4, -0.2) is 33.3 Å². The van der Waals surface area contributed by atoms with E-state index < -0.39 is 5.56 Å². The summed E-state index contributed by atoms with van der Waals surface area (Å²) in [5.41, 5.74) is 2.81. The van der Waals surface area contributed by atoms with Crippen LogP contribution in [0.3, 0.4) is 0 Å². The molecule has 0 radical (unpaired) electrons. The lowest BCUT2D eigenvalue weighted by Crippen LogP contribution is -2.36. The van der Waals surface area contributed by atoms with E-state index in [1.807, 2.05) is 51.1 Å². The Hall–Kier alpha value is -3.92. The molecule has 1 fully saturated rings. The average molecular weight is 443 g/mol. The maximum absolute atomic E-state index is 13.4. The molecule has 1 aromatic carbocycles. The lowest BCUT2D eigenvalue weighted by Gasteiger charge is -2.26. The summed E-state index contributed by atoms with van der Waals surface area (Å²) in [6, 6.07) is 11.3. The number of aromatic nitrogens is 2. The summed E-state index contributed by atoms with van der Waals surface area (Å²) in [6.45, 7) is 6.98. The molecule has 2 aromatic heterocycles. The van der Waals surface area contributed by atoms with Crippen LogP contribution in [0.15, 0.2) is 46.9 Å². The first-order chi connectivity index (χ1) is 15.9. The fourth-order valence-electron chi connectivity index (χ4n) is 4.06. The van der Waals surface area contributed by atoms with E-state index in [4.69, 9.17) is 4.74 Å². The Morgan fingerprint density at radius 1 is 1.12 bits per heavy atom. The Bertz CT molecular complexity index is 1360. The zero-order chi connectivity index (χ0) is 23.5. The third kappa shape index (κ3) is 4.51. The predicted octanol–water partition coefficient (Wildman–Crippen LogP) is 4.33. The van der Waals surface area contributed by atoms with Crippen molar-refractivity contribution in [1.82, 2.24) is 14.3 Å². The molecule has 1 saturated heterocycles. The number of hydrogen-bond donors (Lipinski definition) is 0. The van der Waals surface area contributed by atoms with Crippen LogP contribution in [0.5, 0.6) is 11.6 Å². The van der Waals surface area contributed by atoms with Gasteiger partial charge in [-0.3, -0.25) is 14.0 Å². The van der Waals surface area contributed by atoms with Crippen molar-refractivity contribution in [2.24, 2.45) is 0 Å². The molecule has 0 aliphatic carbocycles. The highest BCUT2D eigenvalue weighted by Crippen LogP contribution is 2.28. The molecule has 1 amide bonds. The largest absolute Gasteiger partial charge is 0.438 e. The summed E-state index contributed by atoms with van der Waals surface area (Å²) in [7, 11) is 0. The topological polar surface area (TPSA) is 87.7 Å². The van der Waals surface area contributed by atoms with Gasteiger partial charge in [-0.25, -0.2) is 0 Å². The summed E-state index contributed by atoms with van der Waals surface area (Å²) in [4.78, 5) is 32.7. The number of carbonyl (C=O) groups is 1. The fourth-order valence-corrected chi connectivity index (χ4v) is 4.06. The monoisotopic (exact) mass is 442 g/mol. The number of nitriles is 1. The molecule has 33 heavy (non-hydrogen) atoms. The number of nitrogens with zero attached hydrogens (tertiary/aromatic N) is 4. The van der Waals surface area contributed by atoms with Crippen LogP contribution >= 0.6 is 0 Å². The molecular weight excluding hydrogens is 416 g/mol. The van der Waals surface area contributed by atoms with Crippen LogP contribution in [0.1, 0.15) is 41.5 Å². The molecule has 3 aromatic rings. The standard InChI is InChI=1S/C26H26N4O3/c1-17-9-10-22(19(3)14-17)33-24-21(26(32)30-13-7-8-18(2)23(30)28-24)15-20(16-27)25(31)29-11-5-4-6-12-29/h7-10,13-15H,4-6,11-12H2,1-3H3/b20-15+. The number of aryl methyl sites for hydroxylation is 3. The van der Waals surface area contributed by atoms with E-state index in [-0.39, 0.29) is 22.9 Å². The number of benzene rings is 1. The number of likely N-dealkylation sites (tertiary alicyclic amines) is 1. The minimum Gasteiger partial charge on any atom is -0.438 e. The Morgan fingerprint density at radius 3 is 2.58 bits per heavy atom. The highest BCUT2D eigenvalue weighted by Gasteiger charge is 2.23. The highest BCUT2D eigenvalue weighted by atomic mass is 16.5. The van der Waals surface area contributed by atoms with Gasteiger partial charge in [-0.05, 0) is 69.4 Å². The van der Waals surface area contributed by atoms with Crippen LogP contribution in [-0.2, 0) is 4.79 Å².